The Hall–Kier alpha value is -2.64. The molecule has 1 unspecified atom stereocenters. The van der Waals surface area contributed by atoms with Crippen LogP contribution in [0.5, 0.6) is 0 Å². The summed E-state index contributed by atoms with van der Waals surface area (Å²) in [5.74, 6) is -0.506. The van der Waals surface area contributed by atoms with Crippen molar-refractivity contribution in [3.63, 3.8) is 0 Å². The van der Waals surface area contributed by atoms with Crippen molar-refractivity contribution >= 4 is 52.2 Å². The lowest BCUT2D eigenvalue weighted by atomic mass is 10.2. The molecule has 2 aromatic carbocycles. The molecule has 1 aliphatic rings. The zero-order valence-electron chi connectivity index (χ0n) is 14.5. The third kappa shape index (κ3) is 5.67. The Labute approximate surface area is 166 Å². The lowest BCUT2D eigenvalue weighted by Crippen LogP contribution is -2.41. The summed E-state index contributed by atoms with van der Waals surface area (Å²) in [6.45, 7) is 1.95. The molecule has 2 amide bonds. The molecule has 2 aromatic rings. The molecule has 0 spiro atoms. The van der Waals surface area contributed by atoms with Crippen molar-refractivity contribution in [1.29, 1.82) is 0 Å². The Kier molecular flexibility index (Phi) is 6.26. The molecule has 138 valence electrons. The maximum atomic E-state index is 12.5. The Morgan fingerprint density at radius 2 is 2.07 bits per heavy atom. The quantitative estimate of drug-likeness (QED) is 0.607. The van der Waals surface area contributed by atoms with Crippen molar-refractivity contribution in [2.24, 2.45) is 10.2 Å². The number of hydrogen-bond donors (Lipinski definition) is 2. The lowest BCUT2D eigenvalue weighted by molar-refractivity contribution is -0.123. The first-order valence-electron chi connectivity index (χ1n) is 8.20. The molecule has 1 fully saturated rings. The van der Waals surface area contributed by atoms with Crippen molar-refractivity contribution < 1.29 is 9.59 Å². The van der Waals surface area contributed by atoms with Gasteiger partial charge in [-0.1, -0.05) is 47.6 Å². The lowest BCUT2D eigenvalue weighted by Gasteiger charge is -2.21. The third-order valence-electron chi connectivity index (χ3n) is 3.67. The monoisotopic (exact) mass is 400 g/mol. The van der Waals surface area contributed by atoms with Crippen LogP contribution in [0, 0.1) is 6.92 Å². The number of halogens is 1. The van der Waals surface area contributed by atoms with Crippen LogP contribution < -0.4 is 10.6 Å². The summed E-state index contributed by atoms with van der Waals surface area (Å²) in [7, 11) is 0. The normalized spacial score (nSPS) is 18.5. The third-order valence-corrected chi connectivity index (χ3v) is 5.00. The van der Waals surface area contributed by atoms with Gasteiger partial charge in [0.05, 0.1) is 6.21 Å². The summed E-state index contributed by atoms with van der Waals surface area (Å²) >= 11 is 7.01. The summed E-state index contributed by atoms with van der Waals surface area (Å²) in [6.07, 6.45) is 1.63. The van der Waals surface area contributed by atoms with Crippen molar-refractivity contribution in [1.82, 2.24) is 5.32 Å². The molecule has 1 atom stereocenters. The number of amides is 2. The average Bonchev–Trinajstić information content (AvgIpc) is 2.63. The van der Waals surface area contributed by atoms with Gasteiger partial charge in [-0.25, -0.2) is 0 Å². The van der Waals surface area contributed by atoms with E-state index in [1.165, 1.54) is 11.8 Å². The van der Waals surface area contributed by atoms with Gasteiger partial charge in [-0.15, -0.1) is 5.10 Å². The van der Waals surface area contributed by atoms with Gasteiger partial charge in [-0.3, -0.25) is 9.59 Å². The number of anilines is 1. The van der Waals surface area contributed by atoms with Gasteiger partial charge in [-0.05, 0) is 42.3 Å². The zero-order chi connectivity index (χ0) is 19.2. The van der Waals surface area contributed by atoms with Crippen LogP contribution in [-0.2, 0) is 9.59 Å². The number of nitrogens with zero attached hydrogens (tertiary/aromatic N) is 2. The van der Waals surface area contributed by atoms with Crippen molar-refractivity contribution in [3.8, 4) is 0 Å². The van der Waals surface area contributed by atoms with E-state index < -0.39 is 5.25 Å². The molecule has 27 heavy (non-hydrogen) atoms. The summed E-state index contributed by atoms with van der Waals surface area (Å²) < 4.78 is 0. The number of benzene rings is 2. The largest absolute Gasteiger partial charge is 0.325 e. The van der Waals surface area contributed by atoms with E-state index in [1.807, 2.05) is 31.2 Å². The van der Waals surface area contributed by atoms with Crippen LogP contribution in [0.3, 0.4) is 0 Å². The predicted octanol–water partition coefficient (Wildman–Crippen LogP) is 3.60. The van der Waals surface area contributed by atoms with Gasteiger partial charge in [-0.2, -0.15) is 5.10 Å². The first-order valence-corrected chi connectivity index (χ1v) is 9.46. The maximum Gasteiger partial charge on any atom is 0.238 e. The topological polar surface area (TPSA) is 82.9 Å². The smallest absolute Gasteiger partial charge is 0.238 e. The van der Waals surface area contributed by atoms with E-state index in [0.29, 0.717) is 15.9 Å². The maximum absolute atomic E-state index is 12.5. The second-order valence-corrected chi connectivity index (χ2v) is 7.55. The highest BCUT2D eigenvalue weighted by Crippen LogP contribution is 2.22. The van der Waals surface area contributed by atoms with E-state index in [-0.39, 0.29) is 18.2 Å². The number of hydrogen-bond acceptors (Lipinski definition) is 5. The number of rotatable bonds is 4. The van der Waals surface area contributed by atoms with Gasteiger partial charge < -0.3 is 10.6 Å². The van der Waals surface area contributed by atoms with E-state index in [9.17, 15) is 9.59 Å². The summed E-state index contributed by atoms with van der Waals surface area (Å²) in [4.78, 5) is 24.4. The second kappa shape index (κ2) is 8.83. The van der Waals surface area contributed by atoms with Gasteiger partial charge in [0.25, 0.3) is 0 Å². The van der Waals surface area contributed by atoms with E-state index in [4.69, 9.17) is 11.6 Å². The summed E-state index contributed by atoms with van der Waals surface area (Å²) in [5.41, 5.74) is 2.57. The van der Waals surface area contributed by atoms with Crippen LogP contribution in [0.15, 0.2) is 58.7 Å². The Balaban J connectivity index is 1.65. The van der Waals surface area contributed by atoms with E-state index in [1.54, 1.807) is 30.5 Å². The predicted molar refractivity (Wildman–Crippen MR) is 110 cm³/mol. The Bertz CT molecular complexity index is 912. The van der Waals surface area contributed by atoms with Crippen LogP contribution in [0.1, 0.15) is 17.5 Å². The fraction of sp³-hybridized carbons (Fsp3) is 0.158. The second-order valence-electron chi connectivity index (χ2n) is 5.92. The zero-order valence-corrected chi connectivity index (χ0v) is 16.1. The minimum atomic E-state index is -0.566. The molecule has 0 bridgehead atoms. The van der Waals surface area contributed by atoms with Crippen LogP contribution in [0.4, 0.5) is 5.69 Å². The van der Waals surface area contributed by atoms with Crippen LogP contribution >= 0.6 is 23.4 Å². The molecular weight excluding hydrogens is 384 g/mol. The minimum Gasteiger partial charge on any atom is -0.325 e. The fourth-order valence-electron chi connectivity index (χ4n) is 2.38. The molecule has 2 N–H and O–H groups in total. The fourth-order valence-corrected chi connectivity index (χ4v) is 3.44. The molecule has 0 saturated carbocycles. The highest BCUT2D eigenvalue weighted by Gasteiger charge is 2.30. The summed E-state index contributed by atoms with van der Waals surface area (Å²) in [6, 6.07) is 14.6. The highest BCUT2D eigenvalue weighted by atomic mass is 35.5. The number of aryl methyl sites for hydroxylation is 1. The molecule has 8 heteroatoms. The van der Waals surface area contributed by atoms with Crippen LogP contribution in [0.25, 0.3) is 0 Å². The number of thioether (sulfide) groups is 1. The number of carbonyl (C=O) groups excluding carboxylic acids is 2. The van der Waals surface area contributed by atoms with Gasteiger partial charge in [0, 0.05) is 17.1 Å². The summed E-state index contributed by atoms with van der Waals surface area (Å²) in [5, 5.41) is 13.8. The molecular formula is C19H17ClN4O2S. The SMILES string of the molecule is Cc1cccc(NC(=O)C2CC(=O)N/C(=N/N=Cc3ccc(Cl)cc3)S2)c1. The number of amidine groups is 1. The van der Waals surface area contributed by atoms with Crippen molar-refractivity contribution in [3.05, 3.63) is 64.7 Å². The van der Waals surface area contributed by atoms with Crippen LogP contribution in [0.2, 0.25) is 5.02 Å². The van der Waals surface area contributed by atoms with Gasteiger partial charge in [0.15, 0.2) is 5.17 Å². The van der Waals surface area contributed by atoms with Crippen molar-refractivity contribution in [2.45, 2.75) is 18.6 Å². The van der Waals surface area contributed by atoms with E-state index in [2.05, 4.69) is 20.8 Å². The molecule has 0 radical (unpaired) electrons. The molecule has 1 heterocycles. The van der Waals surface area contributed by atoms with Gasteiger partial charge >= 0.3 is 0 Å². The van der Waals surface area contributed by atoms with E-state index >= 15 is 0 Å². The number of nitrogens with one attached hydrogen (secondary N) is 2. The van der Waals surface area contributed by atoms with Crippen LogP contribution in [-0.4, -0.2) is 28.4 Å². The Morgan fingerprint density at radius 3 is 2.81 bits per heavy atom. The van der Waals surface area contributed by atoms with Gasteiger partial charge in [0.2, 0.25) is 11.8 Å². The Morgan fingerprint density at radius 1 is 1.30 bits per heavy atom. The van der Waals surface area contributed by atoms with E-state index in [0.717, 1.165) is 11.1 Å². The number of carbonyl (C=O) groups is 2. The first kappa shape index (κ1) is 19.1. The standard InChI is InChI=1S/C19H17ClN4O2S/c1-12-3-2-4-15(9-12)22-18(26)16-10-17(25)23-19(27-16)24-21-11-13-5-7-14(20)8-6-13/h2-9,11,16H,10H2,1H3,(H,22,26)(H,23,24,25). The molecule has 1 aliphatic heterocycles. The molecule has 3 rings (SSSR count). The molecule has 0 aromatic heterocycles. The molecule has 0 aliphatic carbocycles. The molecule has 1 saturated heterocycles. The average molecular weight is 401 g/mol. The minimum absolute atomic E-state index is 0.0855. The van der Waals surface area contributed by atoms with Crippen molar-refractivity contribution in [2.75, 3.05) is 5.32 Å². The van der Waals surface area contributed by atoms with Gasteiger partial charge in [0.1, 0.15) is 5.25 Å². The first-order chi connectivity index (χ1) is 13.0. The highest BCUT2D eigenvalue weighted by molar-refractivity contribution is 8.15. The molecule has 6 nitrogen and oxygen atoms in total.